The van der Waals surface area contributed by atoms with Gasteiger partial charge in [-0.05, 0) is 37.9 Å². The smallest absolute Gasteiger partial charge is 0.122 e. The first-order valence-corrected chi connectivity index (χ1v) is 6.65. The monoisotopic (exact) mass is 236 g/mol. The topological polar surface area (TPSA) is 28.4 Å². The van der Waals surface area contributed by atoms with Crippen LogP contribution in [0.5, 0.6) is 0 Å². The minimum absolute atomic E-state index is 0.840. The van der Waals surface area contributed by atoms with Crippen molar-refractivity contribution in [1.82, 2.24) is 10.2 Å². The lowest BCUT2D eigenvalue weighted by Crippen LogP contribution is -2.22. The van der Waals surface area contributed by atoms with Crippen LogP contribution in [-0.4, -0.2) is 25.0 Å². The summed E-state index contributed by atoms with van der Waals surface area (Å²) >= 11 is 0. The van der Waals surface area contributed by atoms with E-state index < -0.39 is 0 Å². The Kier molecular flexibility index (Phi) is 4.24. The largest absolute Gasteiger partial charge is 0.468 e. The summed E-state index contributed by atoms with van der Waals surface area (Å²) in [5.41, 5.74) is 1.32. The standard InChI is InChI=1S/C14H24N2O/c1-4-15-8-14-12(5-6-17-14)9-16(3)10-13-7-11(13)2/h5-6,11,13,15H,4,7-10H2,1-3H3. The summed E-state index contributed by atoms with van der Waals surface area (Å²) in [5.74, 6) is 2.94. The van der Waals surface area contributed by atoms with Crippen LogP contribution in [0.15, 0.2) is 16.7 Å². The zero-order chi connectivity index (χ0) is 12.3. The maximum absolute atomic E-state index is 5.52. The highest BCUT2D eigenvalue weighted by Crippen LogP contribution is 2.38. The van der Waals surface area contributed by atoms with Crippen molar-refractivity contribution in [1.29, 1.82) is 0 Å². The molecule has 1 saturated carbocycles. The van der Waals surface area contributed by atoms with Crippen LogP contribution in [-0.2, 0) is 13.1 Å². The Morgan fingerprint density at radius 2 is 2.29 bits per heavy atom. The average Bonchev–Trinajstić information content (AvgIpc) is 2.80. The van der Waals surface area contributed by atoms with Crippen LogP contribution in [0, 0.1) is 11.8 Å². The molecule has 1 fully saturated rings. The third-order valence-corrected chi connectivity index (χ3v) is 3.64. The Morgan fingerprint density at radius 3 is 2.94 bits per heavy atom. The Labute approximate surface area is 104 Å². The summed E-state index contributed by atoms with van der Waals surface area (Å²) in [6.45, 7) is 8.49. The van der Waals surface area contributed by atoms with Gasteiger partial charge in [-0.2, -0.15) is 0 Å². The SMILES string of the molecule is CCNCc1occc1CN(C)CC1CC1C. The summed E-state index contributed by atoms with van der Waals surface area (Å²) in [6, 6.07) is 2.10. The Balaban J connectivity index is 1.82. The van der Waals surface area contributed by atoms with Gasteiger partial charge >= 0.3 is 0 Å². The molecule has 2 atom stereocenters. The highest BCUT2D eigenvalue weighted by molar-refractivity contribution is 5.16. The molecule has 0 bridgehead atoms. The maximum Gasteiger partial charge on any atom is 0.122 e. The first-order valence-electron chi connectivity index (χ1n) is 6.65. The van der Waals surface area contributed by atoms with Gasteiger partial charge in [0.2, 0.25) is 0 Å². The van der Waals surface area contributed by atoms with E-state index in [0.717, 1.165) is 37.2 Å². The Morgan fingerprint density at radius 1 is 1.53 bits per heavy atom. The van der Waals surface area contributed by atoms with Crippen molar-refractivity contribution < 1.29 is 4.42 Å². The minimum Gasteiger partial charge on any atom is -0.468 e. The van der Waals surface area contributed by atoms with E-state index in [4.69, 9.17) is 4.42 Å². The second-order valence-corrected chi connectivity index (χ2v) is 5.32. The second-order valence-electron chi connectivity index (χ2n) is 5.32. The molecular formula is C14H24N2O. The van der Waals surface area contributed by atoms with Crippen molar-refractivity contribution in [2.75, 3.05) is 20.1 Å². The molecule has 1 aliphatic rings. The highest BCUT2D eigenvalue weighted by Gasteiger charge is 2.33. The molecule has 3 heteroatoms. The quantitative estimate of drug-likeness (QED) is 0.788. The Bertz CT molecular complexity index is 348. The lowest BCUT2D eigenvalue weighted by molar-refractivity contribution is 0.304. The molecule has 1 aromatic rings. The van der Waals surface area contributed by atoms with E-state index in [1.54, 1.807) is 6.26 Å². The molecule has 3 nitrogen and oxygen atoms in total. The van der Waals surface area contributed by atoms with Crippen molar-refractivity contribution in [2.45, 2.75) is 33.4 Å². The van der Waals surface area contributed by atoms with E-state index in [1.165, 1.54) is 18.5 Å². The molecule has 96 valence electrons. The van der Waals surface area contributed by atoms with Gasteiger partial charge in [0.1, 0.15) is 5.76 Å². The van der Waals surface area contributed by atoms with Crippen LogP contribution in [0.1, 0.15) is 31.6 Å². The van der Waals surface area contributed by atoms with Gasteiger partial charge in [0.05, 0.1) is 12.8 Å². The van der Waals surface area contributed by atoms with Gasteiger partial charge in [0, 0.05) is 18.7 Å². The molecular weight excluding hydrogens is 212 g/mol. The van der Waals surface area contributed by atoms with Crippen molar-refractivity contribution >= 4 is 0 Å². The molecule has 0 spiro atoms. The van der Waals surface area contributed by atoms with Crippen LogP contribution >= 0.6 is 0 Å². The zero-order valence-corrected chi connectivity index (χ0v) is 11.2. The molecule has 0 saturated heterocycles. The molecule has 0 aromatic carbocycles. The highest BCUT2D eigenvalue weighted by atomic mass is 16.3. The molecule has 0 aliphatic heterocycles. The van der Waals surface area contributed by atoms with E-state index in [0.29, 0.717) is 0 Å². The fourth-order valence-electron chi connectivity index (χ4n) is 2.31. The summed E-state index contributed by atoms with van der Waals surface area (Å²) < 4.78 is 5.52. The minimum atomic E-state index is 0.840. The number of furan rings is 1. The second kappa shape index (κ2) is 5.69. The summed E-state index contributed by atoms with van der Waals surface area (Å²) in [6.07, 6.45) is 3.20. The molecule has 2 rings (SSSR count). The molecule has 0 radical (unpaired) electrons. The van der Waals surface area contributed by atoms with Gasteiger partial charge in [-0.15, -0.1) is 0 Å². The van der Waals surface area contributed by atoms with Gasteiger partial charge in [0.15, 0.2) is 0 Å². The van der Waals surface area contributed by atoms with Crippen molar-refractivity contribution in [3.05, 3.63) is 23.7 Å². The molecule has 1 N–H and O–H groups in total. The molecule has 1 aromatic heterocycles. The number of rotatable bonds is 7. The van der Waals surface area contributed by atoms with E-state index in [-0.39, 0.29) is 0 Å². The molecule has 2 unspecified atom stereocenters. The summed E-state index contributed by atoms with van der Waals surface area (Å²) in [7, 11) is 2.20. The normalized spacial score (nSPS) is 23.3. The van der Waals surface area contributed by atoms with Crippen LogP contribution in [0.4, 0.5) is 0 Å². The number of hydrogen-bond acceptors (Lipinski definition) is 3. The van der Waals surface area contributed by atoms with Gasteiger partial charge < -0.3 is 14.6 Å². The van der Waals surface area contributed by atoms with E-state index >= 15 is 0 Å². The van der Waals surface area contributed by atoms with Gasteiger partial charge in [-0.1, -0.05) is 13.8 Å². The molecule has 1 aliphatic carbocycles. The van der Waals surface area contributed by atoms with Crippen LogP contribution in [0.25, 0.3) is 0 Å². The number of nitrogens with zero attached hydrogens (tertiary/aromatic N) is 1. The fourth-order valence-corrected chi connectivity index (χ4v) is 2.31. The summed E-state index contributed by atoms with van der Waals surface area (Å²) in [5, 5.41) is 3.31. The third kappa shape index (κ3) is 3.58. The first-order chi connectivity index (χ1) is 8.20. The Hall–Kier alpha value is -0.800. The molecule has 1 heterocycles. The van der Waals surface area contributed by atoms with Crippen molar-refractivity contribution in [3.8, 4) is 0 Å². The van der Waals surface area contributed by atoms with Gasteiger partial charge in [0.25, 0.3) is 0 Å². The van der Waals surface area contributed by atoms with Crippen LogP contribution in [0.3, 0.4) is 0 Å². The van der Waals surface area contributed by atoms with E-state index in [9.17, 15) is 0 Å². The van der Waals surface area contributed by atoms with Crippen molar-refractivity contribution in [2.24, 2.45) is 11.8 Å². The summed E-state index contributed by atoms with van der Waals surface area (Å²) in [4.78, 5) is 2.41. The van der Waals surface area contributed by atoms with Gasteiger partial charge in [-0.25, -0.2) is 0 Å². The lowest BCUT2D eigenvalue weighted by atomic mass is 10.2. The van der Waals surface area contributed by atoms with E-state index in [1.807, 2.05) is 0 Å². The predicted octanol–water partition coefficient (Wildman–Crippen LogP) is 2.48. The predicted molar refractivity (Wildman–Crippen MR) is 69.7 cm³/mol. The third-order valence-electron chi connectivity index (χ3n) is 3.64. The van der Waals surface area contributed by atoms with Crippen LogP contribution < -0.4 is 5.32 Å². The van der Waals surface area contributed by atoms with Gasteiger partial charge in [-0.3, -0.25) is 0 Å². The molecule has 0 amide bonds. The number of nitrogens with one attached hydrogen (secondary N) is 1. The average molecular weight is 236 g/mol. The maximum atomic E-state index is 5.52. The first kappa shape index (κ1) is 12.7. The van der Waals surface area contributed by atoms with Crippen molar-refractivity contribution in [3.63, 3.8) is 0 Å². The number of hydrogen-bond donors (Lipinski definition) is 1. The molecule has 17 heavy (non-hydrogen) atoms. The zero-order valence-electron chi connectivity index (χ0n) is 11.2. The van der Waals surface area contributed by atoms with E-state index in [2.05, 4.69) is 37.2 Å². The van der Waals surface area contributed by atoms with Crippen LogP contribution in [0.2, 0.25) is 0 Å². The fraction of sp³-hybridized carbons (Fsp3) is 0.714. The lowest BCUT2D eigenvalue weighted by Gasteiger charge is -2.16.